The molecule has 27 heavy (non-hydrogen) atoms. The highest BCUT2D eigenvalue weighted by Crippen LogP contribution is 2.20. The molecule has 0 spiro atoms. The van der Waals surface area contributed by atoms with E-state index in [4.69, 9.17) is 10.8 Å². The molecule has 0 saturated carbocycles. The molecule has 1 aliphatic rings. The van der Waals surface area contributed by atoms with Crippen molar-refractivity contribution in [1.29, 1.82) is 0 Å². The van der Waals surface area contributed by atoms with E-state index in [0.29, 0.717) is 19.4 Å². The van der Waals surface area contributed by atoms with E-state index in [9.17, 15) is 19.2 Å². The summed E-state index contributed by atoms with van der Waals surface area (Å²) in [7, 11) is 0. The molecule has 0 aromatic carbocycles. The average molecular weight is 403 g/mol. The number of nitrogens with zero attached hydrogens (tertiary/aromatic N) is 1. The van der Waals surface area contributed by atoms with Gasteiger partial charge in [0.2, 0.25) is 17.7 Å². The van der Waals surface area contributed by atoms with E-state index in [1.807, 2.05) is 13.8 Å². The first kappa shape index (κ1) is 23.2. The Morgan fingerprint density at radius 3 is 2.41 bits per heavy atom. The van der Waals surface area contributed by atoms with Gasteiger partial charge < -0.3 is 26.4 Å². The molecule has 5 atom stereocenters. The molecule has 154 valence electrons. The van der Waals surface area contributed by atoms with Gasteiger partial charge >= 0.3 is 5.97 Å². The average Bonchev–Trinajstić information content (AvgIpc) is 3.13. The van der Waals surface area contributed by atoms with Gasteiger partial charge in [-0.05, 0) is 25.7 Å². The number of aliphatic carboxylic acids is 1. The minimum Gasteiger partial charge on any atom is -0.480 e. The maximum absolute atomic E-state index is 12.6. The van der Waals surface area contributed by atoms with Crippen LogP contribution < -0.4 is 16.4 Å². The van der Waals surface area contributed by atoms with E-state index in [-0.39, 0.29) is 17.6 Å². The molecule has 9 nitrogen and oxygen atoms in total. The summed E-state index contributed by atoms with van der Waals surface area (Å²) >= 11 is 4.06. The molecule has 0 aromatic heterocycles. The van der Waals surface area contributed by atoms with Crippen molar-refractivity contribution in [3.05, 3.63) is 0 Å². The number of thiol groups is 1. The fourth-order valence-electron chi connectivity index (χ4n) is 2.83. The fraction of sp³-hybridized carbons (Fsp3) is 0.765. The van der Waals surface area contributed by atoms with Gasteiger partial charge in [-0.1, -0.05) is 20.3 Å². The molecule has 0 bridgehead atoms. The Labute approximate surface area is 164 Å². The van der Waals surface area contributed by atoms with E-state index in [2.05, 4.69) is 23.3 Å². The summed E-state index contributed by atoms with van der Waals surface area (Å²) in [5, 5.41) is 13.7. The summed E-state index contributed by atoms with van der Waals surface area (Å²) in [4.78, 5) is 49.8. The van der Waals surface area contributed by atoms with Crippen molar-refractivity contribution in [3.63, 3.8) is 0 Å². The number of hydrogen-bond acceptors (Lipinski definition) is 6. The second-order valence-electron chi connectivity index (χ2n) is 6.91. The van der Waals surface area contributed by atoms with Gasteiger partial charge in [0, 0.05) is 12.3 Å². The van der Waals surface area contributed by atoms with Crippen molar-refractivity contribution in [3.8, 4) is 0 Å². The fourth-order valence-corrected chi connectivity index (χ4v) is 3.09. The first-order valence-corrected chi connectivity index (χ1v) is 9.77. The summed E-state index contributed by atoms with van der Waals surface area (Å²) < 4.78 is 0. The number of carbonyl (C=O) groups excluding carboxylic acids is 3. The van der Waals surface area contributed by atoms with Crippen LogP contribution in [-0.4, -0.2) is 70.2 Å². The first-order chi connectivity index (χ1) is 12.6. The Bertz CT molecular complexity index is 574. The lowest BCUT2D eigenvalue weighted by Gasteiger charge is -2.29. The van der Waals surface area contributed by atoms with Gasteiger partial charge in [0.1, 0.15) is 18.1 Å². The molecule has 1 heterocycles. The standard InChI is InChI=1S/C17H30N4O5S/c1-4-9(2)13(18)16(24)21-7-5-6-12(21)15(23)20-11(8-27)14(22)19-10(3)17(25)26/h9-13,27H,4-8,18H2,1-3H3,(H,19,22)(H,20,23)(H,25,26). The van der Waals surface area contributed by atoms with Gasteiger partial charge in [-0.25, -0.2) is 0 Å². The lowest BCUT2D eigenvalue weighted by Crippen LogP contribution is -2.57. The van der Waals surface area contributed by atoms with Crippen LogP contribution in [0.5, 0.6) is 0 Å². The number of nitrogens with two attached hydrogens (primary N) is 1. The van der Waals surface area contributed by atoms with Crippen LogP contribution >= 0.6 is 12.6 Å². The summed E-state index contributed by atoms with van der Waals surface area (Å²) in [5.74, 6) is -2.56. The first-order valence-electron chi connectivity index (χ1n) is 9.14. The zero-order valence-electron chi connectivity index (χ0n) is 16.0. The summed E-state index contributed by atoms with van der Waals surface area (Å²) in [6.07, 6.45) is 1.91. The highest BCUT2D eigenvalue weighted by Gasteiger charge is 2.38. The molecule has 1 rings (SSSR count). The molecule has 3 amide bonds. The molecule has 5 unspecified atom stereocenters. The number of nitrogens with one attached hydrogen (secondary N) is 2. The third kappa shape index (κ3) is 6.10. The molecule has 0 aromatic rings. The summed E-state index contributed by atoms with van der Waals surface area (Å²) in [6.45, 7) is 5.60. The van der Waals surface area contributed by atoms with E-state index >= 15 is 0 Å². The lowest BCUT2D eigenvalue weighted by molar-refractivity contribution is -0.142. The van der Waals surface area contributed by atoms with Gasteiger partial charge in [0.25, 0.3) is 0 Å². The van der Waals surface area contributed by atoms with Crippen LogP contribution in [0, 0.1) is 5.92 Å². The Hall–Kier alpha value is -1.81. The molecule has 1 saturated heterocycles. The topological polar surface area (TPSA) is 142 Å². The largest absolute Gasteiger partial charge is 0.480 e. The number of likely N-dealkylation sites (tertiary alicyclic amines) is 1. The molecule has 1 aliphatic heterocycles. The maximum Gasteiger partial charge on any atom is 0.325 e. The Morgan fingerprint density at radius 1 is 1.26 bits per heavy atom. The van der Waals surface area contributed by atoms with Crippen molar-refractivity contribution in [1.82, 2.24) is 15.5 Å². The van der Waals surface area contributed by atoms with Crippen molar-refractivity contribution in [2.45, 2.75) is 64.2 Å². The number of carboxylic acid groups (broad SMARTS) is 1. The van der Waals surface area contributed by atoms with Crippen LogP contribution in [0.4, 0.5) is 0 Å². The minimum absolute atomic E-state index is 0.00301. The number of rotatable bonds is 9. The molecule has 1 fully saturated rings. The molecule has 5 N–H and O–H groups in total. The highest BCUT2D eigenvalue weighted by atomic mass is 32.1. The zero-order valence-corrected chi connectivity index (χ0v) is 16.9. The van der Waals surface area contributed by atoms with Crippen molar-refractivity contribution < 1.29 is 24.3 Å². The van der Waals surface area contributed by atoms with Crippen LogP contribution in [0.1, 0.15) is 40.0 Å². The van der Waals surface area contributed by atoms with Gasteiger partial charge in [0.05, 0.1) is 6.04 Å². The quantitative estimate of drug-likeness (QED) is 0.325. The molecular weight excluding hydrogens is 372 g/mol. The molecular formula is C17H30N4O5S. The molecule has 0 aliphatic carbocycles. The normalized spacial score (nSPS) is 21.1. The number of amides is 3. The van der Waals surface area contributed by atoms with E-state index in [0.717, 1.165) is 6.42 Å². The van der Waals surface area contributed by atoms with Crippen LogP contribution in [0.25, 0.3) is 0 Å². The van der Waals surface area contributed by atoms with Gasteiger partial charge in [-0.2, -0.15) is 12.6 Å². The minimum atomic E-state index is -1.18. The Balaban J connectivity index is 2.76. The third-order valence-corrected chi connectivity index (χ3v) is 5.29. The Morgan fingerprint density at radius 2 is 1.89 bits per heavy atom. The number of carbonyl (C=O) groups is 4. The van der Waals surface area contributed by atoms with Gasteiger partial charge in [-0.3, -0.25) is 19.2 Å². The highest BCUT2D eigenvalue weighted by molar-refractivity contribution is 7.80. The smallest absolute Gasteiger partial charge is 0.325 e. The van der Waals surface area contributed by atoms with Crippen LogP contribution in [0.2, 0.25) is 0 Å². The Kier molecular flexibility index (Phi) is 9.04. The van der Waals surface area contributed by atoms with Gasteiger partial charge in [-0.15, -0.1) is 0 Å². The lowest BCUT2D eigenvalue weighted by atomic mass is 9.98. The van der Waals surface area contributed by atoms with Crippen LogP contribution in [-0.2, 0) is 19.2 Å². The van der Waals surface area contributed by atoms with Crippen LogP contribution in [0.3, 0.4) is 0 Å². The summed E-state index contributed by atoms with van der Waals surface area (Å²) in [6, 6.07) is -3.46. The van der Waals surface area contributed by atoms with Crippen molar-refractivity contribution in [2.24, 2.45) is 11.7 Å². The van der Waals surface area contributed by atoms with E-state index < -0.39 is 42.0 Å². The second-order valence-corrected chi connectivity index (χ2v) is 7.28. The maximum atomic E-state index is 12.6. The second kappa shape index (κ2) is 10.5. The van der Waals surface area contributed by atoms with Crippen LogP contribution in [0.15, 0.2) is 0 Å². The third-order valence-electron chi connectivity index (χ3n) is 4.93. The van der Waals surface area contributed by atoms with E-state index in [1.54, 1.807) is 0 Å². The molecule has 0 radical (unpaired) electrons. The van der Waals surface area contributed by atoms with Gasteiger partial charge in [0.15, 0.2) is 0 Å². The summed E-state index contributed by atoms with van der Waals surface area (Å²) in [5.41, 5.74) is 6.02. The molecule has 10 heteroatoms. The zero-order chi connectivity index (χ0) is 20.7. The number of hydrogen-bond donors (Lipinski definition) is 5. The predicted molar refractivity (Wildman–Crippen MR) is 103 cm³/mol. The number of carboxylic acids is 1. The SMILES string of the molecule is CCC(C)C(N)C(=O)N1CCCC1C(=O)NC(CS)C(=O)NC(C)C(=O)O. The monoisotopic (exact) mass is 402 g/mol. The van der Waals surface area contributed by atoms with Crippen molar-refractivity contribution in [2.75, 3.05) is 12.3 Å². The predicted octanol–water partition coefficient (Wildman–Crippen LogP) is -0.645. The van der Waals surface area contributed by atoms with E-state index in [1.165, 1.54) is 11.8 Å². The van der Waals surface area contributed by atoms with Crippen molar-refractivity contribution >= 4 is 36.3 Å².